The van der Waals surface area contributed by atoms with Crippen LogP contribution in [0.2, 0.25) is 0 Å². The van der Waals surface area contributed by atoms with Crippen LogP contribution in [-0.2, 0) is 0 Å². The quantitative estimate of drug-likeness (QED) is 0.315. The average Bonchev–Trinajstić information content (AvgIpc) is 2.72. The van der Waals surface area contributed by atoms with Crippen LogP contribution >= 0.6 is 0 Å². The Morgan fingerprint density at radius 2 is 1.27 bits per heavy atom. The Kier molecular flexibility index (Phi) is 4.58. The Labute approximate surface area is 153 Å². The molecule has 0 aliphatic rings. The molecule has 26 heavy (non-hydrogen) atoms. The summed E-state index contributed by atoms with van der Waals surface area (Å²) in [5.41, 5.74) is 3.67. The highest BCUT2D eigenvalue weighted by molar-refractivity contribution is 6.15. The van der Waals surface area contributed by atoms with Gasteiger partial charge in [0.25, 0.3) is 0 Å². The van der Waals surface area contributed by atoms with Gasteiger partial charge in [0.2, 0.25) is 0 Å². The summed E-state index contributed by atoms with van der Waals surface area (Å²) >= 11 is 0. The van der Waals surface area contributed by atoms with Crippen molar-refractivity contribution < 1.29 is 0 Å². The summed E-state index contributed by atoms with van der Waals surface area (Å²) in [6.45, 7) is 0. The molecule has 0 radical (unpaired) electrons. The van der Waals surface area contributed by atoms with Crippen molar-refractivity contribution in [2.24, 2.45) is 4.99 Å². The van der Waals surface area contributed by atoms with Gasteiger partial charge in [-0.3, -0.25) is 0 Å². The summed E-state index contributed by atoms with van der Waals surface area (Å²) in [7, 11) is 0. The maximum atomic E-state index is 4.79. The molecule has 1 nitrogen and oxygen atoms in total. The molecule has 0 N–H and O–H groups in total. The molecule has 0 saturated heterocycles. The molecule has 0 aliphatic carbocycles. The second-order valence-corrected chi connectivity index (χ2v) is 5.97. The lowest BCUT2D eigenvalue weighted by molar-refractivity contribution is 1.51. The number of aliphatic imine (C=N–C) groups is 1. The molecule has 4 rings (SSSR count). The van der Waals surface area contributed by atoms with Gasteiger partial charge in [0.05, 0.1) is 5.69 Å². The summed E-state index contributed by atoms with van der Waals surface area (Å²) in [6, 6.07) is 34.6. The van der Waals surface area contributed by atoms with Crippen LogP contribution in [0.25, 0.3) is 10.8 Å². The molecule has 0 atom stereocenters. The fourth-order valence-corrected chi connectivity index (χ4v) is 2.79. The van der Waals surface area contributed by atoms with E-state index in [2.05, 4.69) is 54.3 Å². The predicted octanol–water partition coefficient (Wildman–Crippen LogP) is 6.01. The van der Waals surface area contributed by atoms with Crippen LogP contribution in [-0.4, -0.2) is 5.71 Å². The number of fused-ring (bicyclic) bond motifs is 1. The Hall–Kier alpha value is -3.63. The minimum atomic E-state index is 0.769. The smallest absolute Gasteiger partial charge is 0.121 e. The van der Waals surface area contributed by atoms with Gasteiger partial charge in [-0.15, -0.1) is 0 Å². The van der Waals surface area contributed by atoms with Crippen molar-refractivity contribution in [3.8, 4) is 11.8 Å². The van der Waals surface area contributed by atoms with Gasteiger partial charge < -0.3 is 0 Å². The fraction of sp³-hybridized carbons (Fsp3) is 0. The number of rotatable bonds is 2. The van der Waals surface area contributed by atoms with Crippen molar-refractivity contribution in [3.63, 3.8) is 0 Å². The average molecular weight is 331 g/mol. The van der Waals surface area contributed by atoms with Crippen LogP contribution in [0.4, 0.5) is 5.69 Å². The Bertz CT molecular complexity index is 1110. The Balaban J connectivity index is 1.82. The maximum absolute atomic E-state index is 4.79. The van der Waals surface area contributed by atoms with Crippen LogP contribution in [0.5, 0.6) is 0 Å². The molecule has 4 aromatic carbocycles. The zero-order chi connectivity index (χ0) is 17.6. The van der Waals surface area contributed by atoms with E-state index in [4.69, 9.17) is 4.99 Å². The highest BCUT2D eigenvalue weighted by atomic mass is 14.7. The number of para-hydroxylation sites is 1. The standard InChI is InChI=1S/C25H17N/c1-3-9-20(10-4-1)15-18-25(26-24-13-5-2-6-14-24)23-17-16-21-11-7-8-12-22(21)19-23/h1-14,16-17,19H. The van der Waals surface area contributed by atoms with Gasteiger partial charge in [0.15, 0.2) is 0 Å². The molecule has 4 aromatic rings. The maximum Gasteiger partial charge on any atom is 0.121 e. The van der Waals surface area contributed by atoms with Crippen LogP contribution in [0, 0.1) is 11.8 Å². The Morgan fingerprint density at radius 3 is 2.04 bits per heavy atom. The molecular formula is C25H17N. The normalized spacial score (nSPS) is 11.0. The molecule has 0 fully saturated rings. The molecule has 0 saturated carbocycles. The molecule has 1 heteroatoms. The molecule has 0 bridgehead atoms. The zero-order valence-electron chi connectivity index (χ0n) is 14.3. The van der Waals surface area contributed by atoms with Crippen LogP contribution < -0.4 is 0 Å². The lowest BCUT2D eigenvalue weighted by atomic mass is 10.0. The van der Waals surface area contributed by atoms with Crippen molar-refractivity contribution >= 4 is 22.2 Å². The third-order valence-electron chi connectivity index (χ3n) is 4.12. The first-order valence-corrected chi connectivity index (χ1v) is 8.58. The third-order valence-corrected chi connectivity index (χ3v) is 4.12. The van der Waals surface area contributed by atoms with Crippen LogP contribution in [0.1, 0.15) is 11.1 Å². The second-order valence-electron chi connectivity index (χ2n) is 5.97. The van der Waals surface area contributed by atoms with Crippen molar-refractivity contribution in [1.82, 2.24) is 0 Å². The summed E-state index contributed by atoms with van der Waals surface area (Å²) in [5.74, 6) is 6.50. The zero-order valence-corrected chi connectivity index (χ0v) is 14.3. The molecule has 122 valence electrons. The van der Waals surface area contributed by atoms with E-state index < -0.39 is 0 Å². The van der Waals surface area contributed by atoms with Gasteiger partial charge in [0.1, 0.15) is 5.71 Å². The topological polar surface area (TPSA) is 12.4 Å². The number of hydrogen-bond donors (Lipinski definition) is 0. The highest BCUT2D eigenvalue weighted by Crippen LogP contribution is 2.18. The molecule has 0 amide bonds. The summed E-state index contributed by atoms with van der Waals surface area (Å²) in [6.07, 6.45) is 0. The van der Waals surface area contributed by atoms with E-state index in [9.17, 15) is 0 Å². The first-order valence-electron chi connectivity index (χ1n) is 8.58. The molecular weight excluding hydrogens is 314 g/mol. The number of nitrogens with zero attached hydrogens (tertiary/aromatic N) is 1. The van der Waals surface area contributed by atoms with E-state index in [1.54, 1.807) is 0 Å². The van der Waals surface area contributed by atoms with Crippen molar-refractivity contribution in [3.05, 3.63) is 114 Å². The van der Waals surface area contributed by atoms with Gasteiger partial charge >= 0.3 is 0 Å². The molecule has 0 spiro atoms. The second kappa shape index (κ2) is 7.51. The summed E-state index contributed by atoms with van der Waals surface area (Å²) in [5, 5.41) is 2.40. The highest BCUT2D eigenvalue weighted by Gasteiger charge is 2.03. The van der Waals surface area contributed by atoms with E-state index in [0.29, 0.717) is 0 Å². The fourth-order valence-electron chi connectivity index (χ4n) is 2.79. The third kappa shape index (κ3) is 3.71. The monoisotopic (exact) mass is 331 g/mol. The van der Waals surface area contributed by atoms with Crippen molar-refractivity contribution in [2.75, 3.05) is 0 Å². The Morgan fingerprint density at radius 1 is 0.615 bits per heavy atom. The van der Waals surface area contributed by atoms with Gasteiger partial charge in [-0.2, -0.15) is 0 Å². The van der Waals surface area contributed by atoms with E-state index in [1.165, 1.54) is 10.8 Å². The number of benzene rings is 4. The minimum absolute atomic E-state index is 0.769. The molecule has 0 heterocycles. The SMILES string of the molecule is C(#Cc1ccccc1)C(=Nc1ccccc1)c1ccc2ccccc2c1. The summed E-state index contributed by atoms with van der Waals surface area (Å²) < 4.78 is 0. The van der Waals surface area contributed by atoms with Crippen LogP contribution in [0.15, 0.2) is 108 Å². The lowest BCUT2D eigenvalue weighted by Gasteiger charge is -2.03. The first kappa shape index (κ1) is 15.9. The summed E-state index contributed by atoms with van der Waals surface area (Å²) in [4.78, 5) is 4.79. The van der Waals surface area contributed by atoms with E-state index >= 15 is 0 Å². The van der Waals surface area contributed by atoms with Gasteiger partial charge in [-0.25, -0.2) is 4.99 Å². The molecule has 0 aliphatic heterocycles. The van der Waals surface area contributed by atoms with E-state index in [0.717, 1.165) is 22.5 Å². The molecule has 0 unspecified atom stereocenters. The molecule has 0 aromatic heterocycles. The van der Waals surface area contributed by atoms with Gasteiger partial charge in [-0.05, 0) is 47.0 Å². The first-order chi connectivity index (χ1) is 12.9. The van der Waals surface area contributed by atoms with Crippen molar-refractivity contribution in [2.45, 2.75) is 0 Å². The van der Waals surface area contributed by atoms with Crippen LogP contribution in [0.3, 0.4) is 0 Å². The largest absolute Gasteiger partial charge is 0.239 e. The lowest BCUT2D eigenvalue weighted by Crippen LogP contribution is -1.97. The van der Waals surface area contributed by atoms with E-state index in [-0.39, 0.29) is 0 Å². The number of hydrogen-bond acceptors (Lipinski definition) is 1. The predicted molar refractivity (Wildman–Crippen MR) is 110 cm³/mol. The van der Waals surface area contributed by atoms with Gasteiger partial charge in [-0.1, -0.05) is 78.7 Å². The van der Waals surface area contributed by atoms with E-state index in [1.807, 2.05) is 60.7 Å². The van der Waals surface area contributed by atoms with Gasteiger partial charge in [0, 0.05) is 11.1 Å². The minimum Gasteiger partial charge on any atom is -0.239 e. The van der Waals surface area contributed by atoms with Crippen molar-refractivity contribution in [1.29, 1.82) is 0 Å².